The first-order valence-electron chi connectivity index (χ1n) is 7.43. The number of rotatable bonds is 3. The smallest absolute Gasteiger partial charge is 0.157 e. The molecule has 1 heterocycles. The summed E-state index contributed by atoms with van der Waals surface area (Å²) in [4.78, 5) is 8.41. The maximum absolute atomic E-state index is 6.13. The molecule has 0 bridgehead atoms. The summed E-state index contributed by atoms with van der Waals surface area (Å²) in [7, 11) is 4.17. The zero-order valence-electron chi connectivity index (χ0n) is 12.6. The zero-order chi connectivity index (χ0) is 14.7. The van der Waals surface area contributed by atoms with Gasteiger partial charge in [0.05, 0.1) is 6.04 Å². The van der Waals surface area contributed by atoms with Gasteiger partial charge < -0.3 is 0 Å². The van der Waals surface area contributed by atoms with Gasteiger partial charge in [-0.2, -0.15) is 5.06 Å². The molecular formula is C18H22N2O. The highest BCUT2D eigenvalue weighted by molar-refractivity contribution is 5.18. The highest BCUT2D eigenvalue weighted by atomic mass is 16.7. The van der Waals surface area contributed by atoms with Gasteiger partial charge in [0.1, 0.15) is 0 Å². The molecule has 1 saturated heterocycles. The molecule has 1 aliphatic heterocycles. The summed E-state index contributed by atoms with van der Waals surface area (Å²) in [6, 6.07) is 21.4. The minimum Gasteiger partial charge on any atom is -0.275 e. The molecule has 0 amide bonds. The van der Waals surface area contributed by atoms with E-state index in [1.165, 1.54) is 11.1 Å². The molecule has 3 nitrogen and oxygen atoms in total. The Morgan fingerprint density at radius 1 is 0.952 bits per heavy atom. The lowest BCUT2D eigenvalue weighted by Gasteiger charge is -2.42. The van der Waals surface area contributed by atoms with Crippen LogP contribution in [0.1, 0.15) is 17.4 Å². The molecule has 21 heavy (non-hydrogen) atoms. The van der Waals surface area contributed by atoms with Crippen molar-refractivity contribution >= 4 is 0 Å². The number of nitrogens with zero attached hydrogens (tertiary/aromatic N) is 2. The molecule has 2 atom stereocenters. The molecule has 0 aromatic heterocycles. The fraction of sp³-hybridized carbons (Fsp3) is 0.333. The first-order chi connectivity index (χ1) is 10.2. The second-order valence-corrected chi connectivity index (χ2v) is 5.70. The van der Waals surface area contributed by atoms with Crippen molar-refractivity contribution in [2.45, 2.75) is 18.7 Å². The van der Waals surface area contributed by atoms with E-state index in [0.29, 0.717) is 6.04 Å². The number of hydrogen-bond donors (Lipinski definition) is 0. The maximum Gasteiger partial charge on any atom is 0.157 e. The number of benzene rings is 2. The molecule has 0 aliphatic carbocycles. The second kappa shape index (κ2) is 6.39. The van der Waals surface area contributed by atoms with E-state index in [2.05, 4.69) is 66.5 Å². The summed E-state index contributed by atoms with van der Waals surface area (Å²) < 4.78 is 0. The molecule has 0 spiro atoms. The molecule has 1 aliphatic rings. The highest BCUT2D eigenvalue weighted by Gasteiger charge is 2.31. The van der Waals surface area contributed by atoms with E-state index in [9.17, 15) is 0 Å². The van der Waals surface area contributed by atoms with Crippen molar-refractivity contribution in [3.63, 3.8) is 0 Å². The normalized spacial score (nSPS) is 24.1. The average Bonchev–Trinajstić information content (AvgIpc) is 2.52. The van der Waals surface area contributed by atoms with E-state index in [1.807, 2.05) is 18.2 Å². The Balaban J connectivity index is 1.69. The van der Waals surface area contributed by atoms with Crippen LogP contribution in [0.25, 0.3) is 0 Å². The average molecular weight is 282 g/mol. The Morgan fingerprint density at radius 3 is 2.24 bits per heavy atom. The summed E-state index contributed by atoms with van der Waals surface area (Å²) >= 11 is 0. The van der Waals surface area contributed by atoms with E-state index in [1.54, 1.807) is 0 Å². The molecule has 0 unspecified atom stereocenters. The lowest BCUT2D eigenvalue weighted by atomic mass is 10.0. The zero-order valence-corrected chi connectivity index (χ0v) is 12.6. The molecular weight excluding hydrogens is 260 g/mol. The van der Waals surface area contributed by atoms with Gasteiger partial charge in [0.15, 0.2) is 6.23 Å². The minimum atomic E-state index is 0.00298. The SMILES string of the molecule is CN1C[C@H](Cc2ccccc2)N(C)O[C@H]1c1ccccc1. The Kier molecular flexibility index (Phi) is 4.34. The summed E-state index contributed by atoms with van der Waals surface area (Å²) in [6.45, 7) is 0.991. The Bertz CT molecular complexity index is 558. The molecule has 110 valence electrons. The Labute approximate surface area is 126 Å². The predicted molar refractivity (Wildman–Crippen MR) is 84.6 cm³/mol. The summed E-state index contributed by atoms with van der Waals surface area (Å²) in [5, 5.41) is 2.02. The van der Waals surface area contributed by atoms with Gasteiger partial charge in [-0.25, -0.2) is 0 Å². The van der Waals surface area contributed by atoms with Crippen LogP contribution < -0.4 is 0 Å². The lowest BCUT2D eigenvalue weighted by molar-refractivity contribution is -0.283. The Morgan fingerprint density at radius 2 is 1.57 bits per heavy atom. The molecule has 3 heteroatoms. The molecule has 0 saturated carbocycles. The Hall–Kier alpha value is -1.68. The summed E-state index contributed by atoms with van der Waals surface area (Å²) in [5.74, 6) is 0. The van der Waals surface area contributed by atoms with Crippen LogP contribution in [0, 0.1) is 0 Å². The maximum atomic E-state index is 6.13. The van der Waals surface area contributed by atoms with Crippen LogP contribution in [0.2, 0.25) is 0 Å². The third kappa shape index (κ3) is 3.32. The predicted octanol–water partition coefficient (Wildman–Crippen LogP) is 3.11. The van der Waals surface area contributed by atoms with Crippen molar-refractivity contribution < 1.29 is 4.84 Å². The number of hydrogen-bond acceptors (Lipinski definition) is 3. The first kappa shape index (κ1) is 14.3. The fourth-order valence-electron chi connectivity index (χ4n) is 2.88. The minimum absolute atomic E-state index is 0.00298. The van der Waals surface area contributed by atoms with E-state index in [4.69, 9.17) is 4.84 Å². The molecule has 0 N–H and O–H groups in total. The van der Waals surface area contributed by atoms with Crippen LogP contribution in [0.4, 0.5) is 0 Å². The third-order valence-corrected chi connectivity index (χ3v) is 4.08. The summed E-state index contributed by atoms with van der Waals surface area (Å²) in [5.41, 5.74) is 2.55. The summed E-state index contributed by atoms with van der Waals surface area (Å²) in [6.07, 6.45) is 1.01. The third-order valence-electron chi connectivity index (χ3n) is 4.08. The van der Waals surface area contributed by atoms with E-state index in [0.717, 1.165) is 13.0 Å². The van der Waals surface area contributed by atoms with E-state index >= 15 is 0 Å². The van der Waals surface area contributed by atoms with Crippen LogP contribution in [0.15, 0.2) is 60.7 Å². The van der Waals surface area contributed by atoms with Crippen LogP contribution in [0.3, 0.4) is 0 Å². The van der Waals surface area contributed by atoms with Crippen LogP contribution in [-0.2, 0) is 11.3 Å². The van der Waals surface area contributed by atoms with Gasteiger partial charge >= 0.3 is 0 Å². The van der Waals surface area contributed by atoms with E-state index < -0.39 is 0 Å². The largest absolute Gasteiger partial charge is 0.275 e. The second-order valence-electron chi connectivity index (χ2n) is 5.70. The molecule has 2 aromatic rings. The van der Waals surface area contributed by atoms with Gasteiger partial charge in [-0.05, 0) is 24.6 Å². The van der Waals surface area contributed by atoms with Gasteiger partial charge in [0.25, 0.3) is 0 Å². The van der Waals surface area contributed by atoms with Gasteiger partial charge in [-0.1, -0.05) is 60.7 Å². The van der Waals surface area contributed by atoms with Crippen LogP contribution in [0.5, 0.6) is 0 Å². The van der Waals surface area contributed by atoms with Gasteiger partial charge in [-0.15, -0.1) is 0 Å². The van der Waals surface area contributed by atoms with Gasteiger partial charge in [0.2, 0.25) is 0 Å². The number of hydroxylamine groups is 2. The monoisotopic (exact) mass is 282 g/mol. The first-order valence-corrected chi connectivity index (χ1v) is 7.43. The van der Waals surface area contributed by atoms with Crippen molar-refractivity contribution in [2.75, 3.05) is 20.6 Å². The number of likely N-dealkylation sites (N-methyl/N-ethyl adjacent to an activating group) is 2. The molecule has 0 radical (unpaired) electrons. The highest BCUT2D eigenvalue weighted by Crippen LogP contribution is 2.28. The van der Waals surface area contributed by atoms with Crippen molar-refractivity contribution in [1.29, 1.82) is 0 Å². The van der Waals surface area contributed by atoms with Crippen molar-refractivity contribution in [3.05, 3.63) is 71.8 Å². The molecule has 3 rings (SSSR count). The standard InChI is InChI=1S/C18H22N2O/c1-19-14-17(13-15-9-5-3-6-10-15)20(2)21-18(19)16-11-7-4-8-12-16/h3-12,17-18H,13-14H2,1-2H3/t17-,18-/m0/s1. The molecule has 2 aromatic carbocycles. The molecule has 1 fully saturated rings. The van der Waals surface area contributed by atoms with Crippen molar-refractivity contribution in [1.82, 2.24) is 9.96 Å². The van der Waals surface area contributed by atoms with Gasteiger partial charge in [-0.3, -0.25) is 9.74 Å². The van der Waals surface area contributed by atoms with Crippen LogP contribution in [-0.4, -0.2) is 36.6 Å². The van der Waals surface area contributed by atoms with Crippen molar-refractivity contribution in [3.8, 4) is 0 Å². The fourth-order valence-corrected chi connectivity index (χ4v) is 2.88. The quantitative estimate of drug-likeness (QED) is 0.860. The lowest BCUT2D eigenvalue weighted by Crippen LogP contribution is -2.51. The van der Waals surface area contributed by atoms with Crippen LogP contribution >= 0.6 is 0 Å². The van der Waals surface area contributed by atoms with Gasteiger partial charge in [0, 0.05) is 13.6 Å². The van der Waals surface area contributed by atoms with Crippen molar-refractivity contribution in [2.24, 2.45) is 0 Å². The van der Waals surface area contributed by atoms with E-state index in [-0.39, 0.29) is 6.23 Å². The topological polar surface area (TPSA) is 15.7 Å².